The molecule has 8 nitrogen and oxygen atoms in total. The number of ether oxygens (including phenoxy) is 3. The van der Waals surface area contributed by atoms with Crippen molar-refractivity contribution in [2.24, 2.45) is 0 Å². The van der Waals surface area contributed by atoms with Gasteiger partial charge >= 0.3 is 5.97 Å². The van der Waals surface area contributed by atoms with Gasteiger partial charge in [-0.15, -0.1) is 10.2 Å². The molecule has 0 aliphatic heterocycles. The molecule has 0 fully saturated rings. The lowest BCUT2D eigenvalue weighted by Crippen LogP contribution is -2.00. The Bertz CT molecular complexity index is 1680. The van der Waals surface area contributed by atoms with Crippen molar-refractivity contribution in [2.45, 2.75) is 11.8 Å². The molecule has 0 aliphatic rings. The molecule has 4 aromatic carbocycles. The van der Waals surface area contributed by atoms with E-state index in [1.807, 2.05) is 48.5 Å². The van der Waals surface area contributed by atoms with E-state index in [1.165, 1.54) is 14.2 Å². The van der Waals surface area contributed by atoms with Crippen LogP contribution in [0.15, 0.2) is 93.4 Å². The number of nitrogens with zero attached hydrogens (tertiary/aromatic N) is 2. The molecule has 0 atom stereocenters. The Kier molecular flexibility index (Phi) is 8.23. The predicted molar refractivity (Wildman–Crippen MR) is 154 cm³/mol. The van der Waals surface area contributed by atoms with E-state index in [-0.39, 0.29) is 22.6 Å². The number of aromatic nitrogens is 2. The lowest BCUT2D eigenvalue weighted by Gasteiger charge is -2.13. The van der Waals surface area contributed by atoms with Gasteiger partial charge < -0.3 is 23.7 Å². The highest BCUT2D eigenvalue weighted by Gasteiger charge is 2.19. The minimum Gasteiger partial charge on any atom is -0.497 e. The Morgan fingerprint density at radius 3 is 2.40 bits per heavy atom. The van der Waals surface area contributed by atoms with E-state index in [2.05, 4.69) is 10.2 Å². The first kappa shape index (κ1) is 27.1. The summed E-state index contributed by atoms with van der Waals surface area (Å²) in [5.41, 5.74) is 2.12. The third-order valence-corrected chi connectivity index (χ3v) is 7.03. The first-order valence-electron chi connectivity index (χ1n) is 12.0. The van der Waals surface area contributed by atoms with Crippen molar-refractivity contribution in [2.75, 3.05) is 14.2 Å². The van der Waals surface area contributed by atoms with Gasteiger partial charge in [-0.05, 0) is 64.5 Å². The standard InChI is InChI=1S/C30H23ClN2O6S/c1-36-22-13-20(14-23(15-22)37-2)28-32-33-30(39-28)40-27(29(34)35)16-25-24-6-4-3-5-19(24)9-12-26(25)38-17-18-7-10-21(31)11-8-18/h3-16H,17H2,1-2H3,(H,34,35)/b27-16-. The van der Waals surface area contributed by atoms with Crippen molar-refractivity contribution in [1.82, 2.24) is 10.2 Å². The molecule has 1 heterocycles. The van der Waals surface area contributed by atoms with Gasteiger partial charge in [0, 0.05) is 22.2 Å². The summed E-state index contributed by atoms with van der Waals surface area (Å²) in [5.74, 6) is 0.679. The number of methoxy groups -OCH3 is 2. The molecule has 1 N–H and O–H groups in total. The average Bonchev–Trinajstić information content (AvgIpc) is 3.45. The fraction of sp³-hybridized carbons (Fsp3) is 0.100. The molecule has 0 unspecified atom stereocenters. The van der Waals surface area contributed by atoms with Gasteiger partial charge in [0.15, 0.2) is 0 Å². The van der Waals surface area contributed by atoms with Gasteiger partial charge in [0.2, 0.25) is 5.89 Å². The lowest BCUT2D eigenvalue weighted by molar-refractivity contribution is -0.131. The van der Waals surface area contributed by atoms with Crippen molar-refractivity contribution >= 4 is 46.2 Å². The summed E-state index contributed by atoms with van der Waals surface area (Å²) in [6, 6.07) is 24.0. The number of carboxylic acid groups (broad SMARTS) is 1. The van der Waals surface area contributed by atoms with Crippen molar-refractivity contribution in [1.29, 1.82) is 0 Å². The van der Waals surface area contributed by atoms with Crippen LogP contribution in [0, 0.1) is 0 Å². The van der Waals surface area contributed by atoms with Crippen LogP contribution in [-0.2, 0) is 11.4 Å². The first-order chi connectivity index (χ1) is 19.4. The summed E-state index contributed by atoms with van der Waals surface area (Å²) in [7, 11) is 3.08. The van der Waals surface area contributed by atoms with Crippen LogP contribution in [0.2, 0.25) is 5.02 Å². The monoisotopic (exact) mass is 574 g/mol. The number of thioether (sulfide) groups is 1. The summed E-state index contributed by atoms with van der Waals surface area (Å²) >= 11 is 6.85. The number of rotatable bonds is 10. The molecule has 0 saturated carbocycles. The SMILES string of the molecule is COc1cc(OC)cc(-c2nnc(S/C(=C\c3c(OCc4ccc(Cl)cc4)ccc4ccccc34)C(=O)O)o2)c1. The fourth-order valence-corrected chi connectivity index (χ4v) is 4.73. The third-order valence-electron chi connectivity index (χ3n) is 5.93. The van der Waals surface area contributed by atoms with Crippen molar-refractivity contribution in [3.8, 4) is 28.7 Å². The van der Waals surface area contributed by atoms with Crippen LogP contribution in [0.1, 0.15) is 11.1 Å². The number of carbonyl (C=O) groups is 1. The van der Waals surface area contributed by atoms with E-state index in [9.17, 15) is 9.90 Å². The molecule has 202 valence electrons. The number of benzene rings is 4. The Morgan fingerprint density at radius 2 is 1.70 bits per heavy atom. The van der Waals surface area contributed by atoms with Gasteiger partial charge in [0.1, 0.15) is 28.8 Å². The largest absolute Gasteiger partial charge is 0.497 e. The van der Waals surface area contributed by atoms with Crippen molar-refractivity contribution < 1.29 is 28.5 Å². The molecule has 0 bridgehead atoms. The zero-order valence-electron chi connectivity index (χ0n) is 21.5. The van der Waals surface area contributed by atoms with Gasteiger partial charge in [-0.2, -0.15) is 0 Å². The molecule has 0 aliphatic carbocycles. The molecule has 40 heavy (non-hydrogen) atoms. The number of carboxylic acids is 1. The summed E-state index contributed by atoms with van der Waals surface area (Å²) in [6.45, 7) is 0.281. The smallest absolute Gasteiger partial charge is 0.342 e. The van der Waals surface area contributed by atoms with E-state index in [0.29, 0.717) is 33.4 Å². The number of halogens is 1. The van der Waals surface area contributed by atoms with Gasteiger partial charge in [0.25, 0.3) is 5.22 Å². The van der Waals surface area contributed by atoms with Crippen molar-refractivity contribution in [3.05, 3.63) is 99.9 Å². The zero-order valence-corrected chi connectivity index (χ0v) is 23.0. The maximum absolute atomic E-state index is 12.3. The Labute approximate surface area is 239 Å². The summed E-state index contributed by atoms with van der Waals surface area (Å²) < 4.78 is 22.6. The molecule has 10 heteroatoms. The van der Waals surface area contributed by atoms with Crippen LogP contribution in [0.5, 0.6) is 17.2 Å². The van der Waals surface area contributed by atoms with Crippen LogP contribution in [-0.4, -0.2) is 35.5 Å². The Hall–Kier alpha value is -4.47. The van der Waals surface area contributed by atoms with Gasteiger partial charge in [-0.1, -0.05) is 54.1 Å². The minimum absolute atomic E-state index is 0.0221. The van der Waals surface area contributed by atoms with E-state index in [1.54, 1.807) is 36.4 Å². The number of hydrogen-bond donors (Lipinski definition) is 1. The molecule has 0 spiro atoms. The van der Waals surface area contributed by atoms with Crippen molar-refractivity contribution in [3.63, 3.8) is 0 Å². The lowest BCUT2D eigenvalue weighted by atomic mass is 10.0. The summed E-state index contributed by atoms with van der Waals surface area (Å²) in [4.78, 5) is 12.3. The quantitative estimate of drug-likeness (QED) is 0.135. The van der Waals surface area contributed by atoms with Gasteiger partial charge in [-0.25, -0.2) is 4.79 Å². The van der Waals surface area contributed by atoms with Crippen LogP contribution in [0.25, 0.3) is 28.3 Å². The number of hydrogen-bond acceptors (Lipinski definition) is 8. The molecule has 1 aromatic heterocycles. The summed E-state index contributed by atoms with van der Waals surface area (Å²) in [5, 5.41) is 20.7. The van der Waals surface area contributed by atoms with Gasteiger partial charge in [0.05, 0.1) is 14.2 Å². The highest BCUT2D eigenvalue weighted by molar-refractivity contribution is 8.03. The first-order valence-corrected chi connectivity index (χ1v) is 13.2. The number of aliphatic carboxylic acids is 1. The Morgan fingerprint density at radius 1 is 0.975 bits per heavy atom. The summed E-state index contributed by atoms with van der Waals surface area (Å²) in [6.07, 6.45) is 1.56. The molecule has 0 amide bonds. The highest BCUT2D eigenvalue weighted by Crippen LogP contribution is 2.36. The van der Waals surface area contributed by atoms with Crippen LogP contribution in [0.3, 0.4) is 0 Å². The van der Waals surface area contributed by atoms with Crippen LogP contribution >= 0.6 is 23.4 Å². The molecular formula is C30H23ClN2O6S. The predicted octanol–water partition coefficient (Wildman–Crippen LogP) is 7.36. The molecule has 5 rings (SSSR count). The molecule has 0 radical (unpaired) electrons. The van der Waals surface area contributed by atoms with Gasteiger partial charge in [-0.3, -0.25) is 0 Å². The Balaban J connectivity index is 1.48. The topological polar surface area (TPSA) is 104 Å². The second-order valence-electron chi connectivity index (χ2n) is 8.50. The third kappa shape index (κ3) is 6.22. The fourth-order valence-electron chi connectivity index (χ4n) is 3.95. The molecule has 0 saturated heterocycles. The van der Waals surface area contributed by atoms with E-state index in [4.69, 9.17) is 30.2 Å². The average molecular weight is 575 g/mol. The van der Waals surface area contributed by atoms with Crippen LogP contribution in [0.4, 0.5) is 0 Å². The van der Waals surface area contributed by atoms with Crippen LogP contribution < -0.4 is 14.2 Å². The van der Waals surface area contributed by atoms with E-state index in [0.717, 1.165) is 28.1 Å². The maximum atomic E-state index is 12.3. The molecular weight excluding hydrogens is 552 g/mol. The van der Waals surface area contributed by atoms with E-state index >= 15 is 0 Å². The maximum Gasteiger partial charge on any atom is 0.342 e. The molecule has 5 aromatic rings. The van der Waals surface area contributed by atoms with E-state index < -0.39 is 5.97 Å². The zero-order chi connectivity index (χ0) is 28.1. The highest BCUT2D eigenvalue weighted by atomic mass is 35.5. The normalized spacial score (nSPS) is 11.4. The second-order valence-corrected chi connectivity index (χ2v) is 9.93. The second kappa shape index (κ2) is 12.1. The number of fused-ring (bicyclic) bond motifs is 1. The minimum atomic E-state index is -1.15.